The lowest BCUT2D eigenvalue weighted by atomic mass is 10.1. The Morgan fingerprint density at radius 2 is 1.89 bits per heavy atom. The van der Waals surface area contributed by atoms with Crippen molar-refractivity contribution in [2.75, 3.05) is 0 Å². The molecule has 0 aliphatic rings. The van der Waals surface area contributed by atoms with E-state index < -0.39 is 0 Å². The summed E-state index contributed by atoms with van der Waals surface area (Å²) < 4.78 is 8.31. The first-order valence-corrected chi connectivity index (χ1v) is 7.87. The van der Waals surface area contributed by atoms with Crippen LogP contribution in [-0.2, 0) is 6.54 Å². The number of rotatable bonds is 4. The van der Waals surface area contributed by atoms with Crippen molar-refractivity contribution in [1.82, 2.24) is 5.32 Å². The van der Waals surface area contributed by atoms with Gasteiger partial charge in [0.25, 0.3) is 0 Å². The highest BCUT2D eigenvalue weighted by Gasteiger charge is 2.10. The Morgan fingerprint density at radius 1 is 1.17 bits per heavy atom. The van der Waals surface area contributed by atoms with Crippen LogP contribution >= 0.6 is 47.8 Å². The topological polar surface area (TPSA) is 25.2 Å². The lowest BCUT2D eigenvalue weighted by Gasteiger charge is -2.14. The molecule has 18 heavy (non-hydrogen) atoms. The van der Waals surface area contributed by atoms with Gasteiger partial charge >= 0.3 is 0 Å². The number of halogens is 3. The standard InChI is InChI=1S/C13H12Br3NO/c1-8(10-4-2-3-5-11(10)14)17-7-9-6-12(15)13(16)18-9/h2-6,8,17H,7H2,1H3/t8-/m0/s1. The van der Waals surface area contributed by atoms with Gasteiger partial charge in [-0.05, 0) is 56.5 Å². The minimum atomic E-state index is 0.253. The van der Waals surface area contributed by atoms with Gasteiger partial charge in [0.05, 0.1) is 11.0 Å². The van der Waals surface area contributed by atoms with Crippen LogP contribution in [0, 0.1) is 0 Å². The van der Waals surface area contributed by atoms with Crippen LogP contribution in [0.15, 0.2) is 48.4 Å². The number of hydrogen-bond acceptors (Lipinski definition) is 2. The van der Waals surface area contributed by atoms with Crippen LogP contribution in [0.3, 0.4) is 0 Å². The fourth-order valence-corrected chi connectivity index (χ4v) is 2.96. The molecule has 0 saturated carbocycles. The highest BCUT2D eigenvalue weighted by Crippen LogP contribution is 2.27. The molecule has 1 heterocycles. The third kappa shape index (κ3) is 3.47. The largest absolute Gasteiger partial charge is 0.452 e. The van der Waals surface area contributed by atoms with Gasteiger partial charge < -0.3 is 9.73 Å². The Labute approximate surface area is 132 Å². The van der Waals surface area contributed by atoms with Crippen LogP contribution in [0.2, 0.25) is 0 Å². The van der Waals surface area contributed by atoms with E-state index in [0.717, 1.165) is 19.4 Å². The van der Waals surface area contributed by atoms with Gasteiger partial charge in [-0.25, -0.2) is 0 Å². The molecule has 1 atom stereocenters. The molecule has 0 amide bonds. The summed E-state index contributed by atoms with van der Waals surface area (Å²) >= 11 is 10.3. The van der Waals surface area contributed by atoms with Gasteiger partial charge in [-0.1, -0.05) is 34.1 Å². The molecular formula is C13H12Br3NO. The van der Waals surface area contributed by atoms with Crippen molar-refractivity contribution < 1.29 is 4.42 Å². The molecule has 1 aromatic heterocycles. The maximum absolute atomic E-state index is 5.53. The van der Waals surface area contributed by atoms with Crippen LogP contribution in [0.5, 0.6) is 0 Å². The zero-order valence-electron chi connectivity index (χ0n) is 9.71. The molecule has 96 valence electrons. The highest BCUT2D eigenvalue weighted by atomic mass is 79.9. The van der Waals surface area contributed by atoms with Crippen molar-refractivity contribution in [2.45, 2.75) is 19.5 Å². The van der Waals surface area contributed by atoms with E-state index in [-0.39, 0.29) is 6.04 Å². The lowest BCUT2D eigenvalue weighted by Crippen LogP contribution is -2.18. The van der Waals surface area contributed by atoms with Crippen molar-refractivity contribution in [3.8, 4) is 0 Å². The van der Waals surface area contributed by atoms with Crippen LogP contribution in [-0.4, -0.2) is 0 Å². The molecule has 0 aliphatic carbocycles. The van der Waals surface area contributed by atoms with E-state index in [9.17, 15) is 0 Å². The van der Waals surface area contributed by atoms with Crippen LogP contribution in [0.1, 0.15) is 24.3 Å². The first-order chi connectivity index (χ1) is 8.58. The molecule has 0 bridgehead atoms. The fourth-order valence-electron chi connectivity index (χ4n) is 1.67. The quantitative estimate of drug-likeness (QED) is 0.691. The first-order valence-electron chi connectivity index (χ1n) is 5.49. The van der Waals surface area contributed by atoms with E-state index in [4.69, 9.17) is 4.42 Å². The van der Waals surface area contributed by atoms with E-state index in [0.29, 0.717) is 6.54 Å². The minimum absolute atomic E-state index is 0.253. The van der Waals surface area contributed by atoms with Gasteiger partial charge in [0.2, 0.25) is 0 Å². The molecule has 2 aromatic rings. The van der Waals surface area contributed by atoms with E-state index in [1.54, 1.807) is 0 Å². The molecule has 2 nitrogen and oxygen atoms in total. The second-order valence-electron chi connectivity index (χ2n) is 3.96. The predicted molar refractivity (Wildman–Crippen MR) is 83.5 cm³/mol. The monoisotopic (exact) mass is 435 g/mol. The third-order valence-corrected chi connectivity index (χ3v) is 5.08. The molecule has 5 heteroatoms. The maximum atomic E-state index is 5.53. The third-order valence-electron chi connectivity index (χ3n) is 2.65. The summed E-state index contributed by atoms with van der Waals surface area (Å²) in [6, 6.07) is 10.4. The lowest BCUT2D eigenvalue weighted by molar-refractivity contribution is 0.446. The molecule has 1 N–H and O–H groups in total. The van der Waals surface area contributed by atoms with Crippen molar-refractivity contribution in [3.63, 3.8) is 0 Å². The summed E-state index contributed by atoms with van der Waals surface area (Å²) in [4.78, 5) is 0. The van der Waals surface area contributed by atoms with Gasteiger partial charge in [0.1, 0.15) is 5.76 Å². The van der Waals surface area contributed by atoms with Gasteiger partial charge in [-0.2, -0.15) is 0 Å². The normalized spacial score (nSPS) is 12.7. The maximum Gasteiger partial charge on any atom is 0.183 e. The second kappa shape index (κ2) is 6.37. The van der Waals surface area contributed by atoms with Crippen LogP contribution in [0.4, 0.5) is 0 Å². The number of hydrogen-bond donors (Lipinski definition) is 1. The second-order valence-corrected chi connectivity index (χ2v) is 6.39. The average molecular weight is 438 g/mol. The van der Waals surface area contributed by atoms with Crippen molar-refractivity contribution >= 4 is 47.8 Å². The predicted octanol–water partition coefficient (Wildman–Crippen LogP) is 5.42. The summed E-state index contributed by atoms with van der Waals surface area (Å²) in [5.74, 6) is 0.896. The first kappa shape index (κ1) is 14.3. The van der Waals surface area contributed by atoms with Gasteiger partial charge in [0, 0.05) is 10.5 Å². The Balaban J connectivity index is 2.00. The van der Waals surface area contributed by atoms with Gasteiger partial charge in [-0.3, -0.25) is 0 Å². The Hall–Kier alpha value is -0.100. The summed E-state index contributed by atoms with van der Waals surface area (Å²) in [5, 5.41) is 3.43. The van der Waals surface area contributed by atoms with E-state index in [2.05, 4.69) is 66.1 Å². The van der Waals surface area contributed by atoms with Crippen molar-refractivity contribution in [2.24, 2.45) is 0 Å². The van der Waals surface area contributed by atoms with Gasteiger partial charge in [0.15, 0.2) is 4.67 Å². The molecule has 0 spiro atoms. The zero-order valence-corrected chi connectivity index (χ0v) is 14.5. The van der Waals surface area contributed by atoms with Crippen LogP contribution < -0.4 is 5.32 Å². The summed E-state index contributed by atoms with van der Waals surface area (Å²) in [7, 11) is 0. The number of nitrogens with one attached hydrogen (secondary N) is 1. The van der Waals surface area contributed by atoms with E-state index in [1.807, 2.05) is 24.3 Å². The SMILES string of the molecule is C[C@H](NCc1cc(Br)c(Br)o1)c1ccccc1Br. The molecule has 0 saturated heterocycles. The fraction of sp³-hybridized carbons (Fsp3) is 0.231. The number of furan rings is 1. The Kier molecular flexibility index (Phi) is 5.06. The van der Waals surface area contributed by atoms with E-state index in [1.165, 1.54) is 5.56 Å². The van der Waals surface area contributed by atoms with Crippen LogP contribution in [0.25, 0.3) is 0 Å². The number of benzene rings is 1. The Bertz CT molecular complexity index is 519. The molecule has 2 rings (SSSR count). The summed E-state index contributed by atoms with van der Waals surface area (Å²) in [6.07, 6.45) is 0. The summed E-state index contributed by atoms with van der Waals surface area (Å²) in [6.45, 7) is 2.82. The molecule has 0 fully saturated rings. The molecule has 0 unspecified atom stereocenters. The van der Waals surface area contributed by atoms with Crippen molar-refractivity contribution in [1.29, 1.82) is 0 Å². The molecule has 0 aliphatic heterocycles. The van der Waals surface area contributed by atoms with Crippen molar-refractivity contribution in [3.05, 3.63) is 55.3 Å². The Morgan fingerprint density at radius 3 is 2.50 bits per heavy atom. The molecule has 0 radical (unpaired) electrons. The van der Waals surface area contributed by atoms with Gasteiger partial charge in [-0.15, -0.1) is 0 Å². The molecular weight excluding hydrogens is 426 g/mol. The highest BCUT2D eigenvalue weighted by molar-refractivity contribution is 9.13. The minimum Gasteiger partial charge on any atom is -0.452 e. The smallest absolute Gasteiger partial charge is 0.183 e. The average Bonchev–Trinajstić information content (AvgIpc) is 2.66. The summed E-state index contributed by atoms with van der Waals surface area (Å²) in [5.41, 5.74) is 1.24. The zero-order chi connectivity index (χ0) is 13.1. The van der Waals surface area contributed by atoms with E-state index >= 15 is 0 Å². The molecule has 1 aromatic carbocycles.